The molecule has 3 nitrogen and oxygen atoms in total. The van der Waals surface area contributed by atoms with Gasteiger partial charge in [-0.15, -0.1) is 0 Å². The highest BCUT2D eigenvalue weighted by Gasteiger charge is 2.29. The zero-order chi connectivity index (χ0) is 7.72. The van der Waals surface area contributed by atoms with Crippen LogP contribution < -0.4 is 5.43 Å². The van der Waals surface area contributed by atoms with Gasteiger partial charge in [0.25, 0.3) is 0 Å². The monoisotopic (exact) mass is 140 g/mol. The van der Waals surface area contributed by atoms with Gasteiger partial charge >= 0.3 is 0 Å². The summed E-state index contributed by atoms with van der Waals surface area (Å²) in [4.78, 5) is 11.0. The van der Waals surface area contributed by atoms with Crippen molar-refractivity contribution in [1.82, 2.24) is 5.43 Å². The van der Waals surface area contributed by atoms with Crippen LogP contribution >= 0.6 is 0 Å². The van der Waals surface area contributed by atoms with Crippen molar-refractivity contribution in [2.75, 3.05) is 0 Å². The van der Waals surface area contributed by atoms with E-state index in [1.54, 1.807) is 0 Å². The lowest BCUT2D eigenvalue weighted by Crippen LogP contribution is -2.26. The van der Waals surface area contributed by atoms with Crippen LogP contribution in [0.4, 0.5) is 0 Å². The SMILES string of the molecule is CC1=NNC(=O)[C@H]1C(C)C. The number of rotatable bonds is 1. The first-order valence-electron chi connectivity index (χ1n) is 3.47. The molecule has 1 atom stereocenters. The maximum absolute atomic E-state index is 11.0. The molecule has 1 aliphatic rings. The van der Waals surface area contributed by atoms with Crippen LogP contribution in [-0.4, -0.2) is 11.6 Å². The molecule has 0 aromatic rings. The molecule has 0 aliphatic carbocycles. The maximum atomic E-state index is 11.0. The average molecular weight is 140 g/mol. The number of carbonyl (C=O) groups is 1. The Kier molecular flexibility index (Phi) is 1.74. The minimum atomic E-state index is -0.000000000000000444. The predicted molar refractivity (Wildman–Crippen MR) is 39.6 cm³/mol. The number of hydrazone groups is 1. The van der Waals surface area contributed by atoms with E-state index >= 15 is 0 Å². The van der Waals surface area contributed by atoms with Crippen LogP contribution in [-0.2, 0) is 4.79 Å². The molecule has 0 aromatic heterocycles. The minimum absolute atomic E-state index is 0.000000000000000444. The maximum Gasteiger partial charge on any atom is 0.249 e. The van der Waals surface area contributed by atoms with Crippen LogP contribution in [0.15, 0.2) is 5.10 Å². The van der Waals surface area contributed by atoms with Crippen LogP contribution in [0.2, 0.25) is 0 Å². The summed E-state index contributed by atoms with van der Waals surface area (Å²) in [5, 5.41) is 3.84. The fourth-order valence-corrected chi connectivity index (χ4v) is 1.26. The van der Waals surface area contributed by atoms with Crippen molar-refractivity contribution < 1.29 is 4.79 Å². The van der Waals surface area contributed by atoms with Crippen LogP contribution in [0.5, 0.6) is 0 Å². The third-order valence-corrected chi connectivity index (χ3v) is 1.74. The van der Waals surface area contributed by atoms with Gasteiger partial charge in [0.05, 0.1) is 5.92 Å². The Morgan fingerprint density at radius 1 is 1.60 bits per heavy atom. The molecule has 0 saturated heterocycles. The van der Waals surface area contributed by atoms with E-state index in [0.717, 1.165) is 5.71 Å². The van der Waals surface area contributed by atoms with Crippen molar-refractivity contribution in [3.8, 4) is 0 Å². The summed E-state index contributed by atoms with van der Waals surface area (Å²) >= 11 is 0. The largest absolute Gasteiger partial charge is 0.272 e. The molecule has 0 fully saturated rings. The summed E-state index contributed by atoms with van der Waals surface area (Å²) in [5.74, 6) is 0.388. The molecule has 0 aromatic carbocycles. The molecule has 10 heavy (non-hydrogen) atoms. The quantitative estimate of drug-likeness (QED) is 0.574. The van der Waals surface area contributed by atoms with Gasteiger partial charge in [-0.2, -0.15) is 5.10 Å². The molecule has 1 rings (SSSR count). The Balaban J connectivity index is 2.74. The lowest BCUT2D eigenvalue weighted by molar-refractivity contribution is -0.122. The second kappa shape index (κ2) is 2.40. The molecule has 1 aliphatic heterocycles. The highest BCUT2D eigenvalue weighted by molar-refractivity contribution is 6.07. The first-order chi connectivity index (χ1) is 4.63. The predicted octanol–water partition coefficient (Wildman–Crippen LogP) is 0.764. The Bertz CT molecular complexity index is 184. The van der Waals surface area contributed by atoms with Crippen molar-refractivity contribution in [2.45, 2.75) is 20.8 Å². The standard InChI is InChI=1S/C7H12N2O/c1-4(2)6-5(3)8-9-7(6)10/h4,6H,1-3H3,(H,9,10)/t6-/m0/s1. The number of carbonyl (C=O) groups excluding carboxylic acids is 1. The fraction of sp³-hybridized carbons (Fsp3) is 0.714. The molecular formula is C7H12N2O. The molecule has 0 unspecified atom stereocenters. The molecule has 0 bridgehead atoms. The molecule has 56 valence electrons. The number of nitrogens with zero attached hydrogens (tertiary/aromatic N) is 1. The second-order valence-corrected chi connectivity index (χ2v) is 2.95. The molecule has 1 heterocycles. The smallest absolute Gasteiger partial charge is 0.249 e. The summed E-state index contributed by atoms with van der Waals surface area (Å²) in [6, 6.07) is 0. The molecule has 1 N–H and O–H groups in total. The van der Waals surface area contributed by atoms with Gasteiger partial charge in [0.2, 0.25) is 5.91 Å². The number of hydrogen-bond acceptors (Lipinski definition) is 2. The number of amides is 1. The Morgan fingerprint density at radius 3 is 2.40 bits per heavy atom. The van der Waals surface area contributed by atoms with Gasteiger partial charge in [-0.05, 0) is 12.8 Å². The third-order valence-electron chi connectivity index (χ3n) is 1.74. The summed E-state index contributed by atoms with van der Waals surface area (Å²) in [5.41, 5.74) is 3.35. The molecule has 1 amide bonds. The zero-order valence-corrected chi connectivity index (χ0v) is 6.51. The fourth-order valence-electron chi connectivity index (χ4n) is 1.26. The van der Waals surface area contributed by atoms with E-state index in [4.69, 9.17) is 0 Å². The summed E-state index contributed by atoms with van der Waals surface area (Å²) in [6.45, 7) is 5.92. The van der Waals surface area contributed by atoms with E-state index in [1.165, 1.54) is 0 Å². The van der Waals surface area contributed by atoms with E-state index < -0.39 is 0 Å². The lowest BCUT2D eigenvalue weighted by atomic mass is 9.92. The van der Waals surface area contributed by atoms with Gasteiger partial charge < -0.3 is 0 Å². The molecule has 0 spiro atoms. The average Bonchev–Trinajstić information content (AvgIpc) is 2.11. The van der Waals surface area contributed by atoms with Gasteiger partial charge in [0, 0.05) is 5.71 Å². The molecule has 3 heteroatoms. The van der Waals surface area contributed by atoms with E-state index in [9.17, 15) is 4.79 Å². The Hall–Kier alpha value is -0.860. The topological polar surface area (TPSA) is 41.5 Å². The second-order valence-electron chi connectivity index (χ2n) is 2.95. The van der Waals surface area contributed by atoms with Crippen molar-refractivity contribution in [2.24, 2.45) is 16.9 Å². The molecule has 0 radical (unpaired) electrons. The van der Waals surface area contributed by atoms with Crippen LogP contribution in [0.1, 0.15) is 20.8 Å². The van der Waals surface area contributed by atoms with Gasteiger partial charge in [-0.25, -0.2) is 5.43 Å². The highest BCUT2D eigenvalue weighted by atomic mass is 16.2. The zero-order valence-electron chi connectivity index (χ0n) is 6.51. The van der Waals surface area contributed by atoms with Gasteiger partial charge in [0.1, 0.15) is 0 Å². The first-order valence-corrected chi connectivity index (χ1v) is 3.47. The van der Waals surface area contributed by atoms with Crippen LogP contribution in [0.25, 0.3) is 0 Å². The van der Waals surface area contributed by atoms with Crippen LogP contribution in [0.3, 0.4) is 0 Å². The molecular weight excluding hydrogens is 128 g/mol. The summed E-state index contributed by atoms with van der Waals surface area (Å²) in [7, 11) is 0. The van der Waals surface area contributed by atoms with Crippen LogP contribution in [0, 0.1) is 11.8 Å². The van der Waals surface area contributed by atoms with E-state index in [2.05, 4.69) is 10.5 Å². The number of hydrogen-bond donors (Lipinski definition) is 1. The van der Waals surface area contributed by atoms with E-state index in [1.807, 2.05) is 20.8 Å². The van der Waals surface area contributed by atoms with E-state index in [-0.39, 0.29) is 11.8 Å². The minimum Gasteiger partial charge on any atom is -0.272 e. The highest BCUT2D eigenvalue weighted by Crippen LogP contribution is 2.16. The van der Waals surface area contributed by atoms with Crippen molar-refractivity contribution in [1.29, 1.82) is 0 Å². The van der Waals surface area contributed by atoms with Crippen molar-refractivity contribution in [3.63, 3.8) is 0 Å². The Morgan fingerprint density at radius 2 is 2.20 bits per heavy atom. The lowest BCUT2D eigenvalue weighted by Gasteiger charge is -2.10. The summed E-state index contributed by atoms with van der Waals surface area (Å²) < 4.78 is 0. The van der Waals surface area contributed by atoms with E-state index in [0.29, 0.717) is 5.92 Å². The first kappa shape index (κ1) is 7.25. The molecule has 0 saturated carbocycles. The van der Waals surface area contributed by atoms with Gasteiger partial charge in [0.15, 0.2) is 0 Å². The van der Waals surface area contributed by atoms with Gasteiger partial charge in [-0.3, -0.25) is 4.79 Å². The Labute approximate surface area is 60.5 Å². The third kappa shape index (κ3) is 1.03. The van der Waals surface area contributed by atoms with Gasteiger partial charge in [-0.1, -0.05) is 13.8 Å². The normalized spacial score (nSPS) is 25.0. The number of nitrogens with one attached hydrogen (secondary N) is 1. The van der Waals surface area contributed by atoms with Crippen molar-refractivity contribution >= 4 is 11.6 Å². The summed E-state index contributed by atoms with van der Waals surface area (Å²) in [6.07, 6.45) is 0. The van der Waals surface area contributed by atoms with Crippen molar-refractivity contribution in [3.05, 3.63) is 0 Å².